The zero-order valence-electron chi connectivity index (χ0n) is 11.1. The van der Waals surface area contributed by atoms with Crippen molar-refractivity contribution < 1.29 is 9.47 Å². The smallest absolute Gasteiger partial charge is 0.231 e. The second-order valence-electron chi connectivity index (χ2n) is 4.99. The number of nitrogens with one attached hydrogen (secondary N) is 1. The summed E-state index contributed by atoms with van der Waals surface area (Å²) in [4.78, 5) is 0. The van der Waals surface area contributed by atoms with E-state index in [0.717, 1.165) is 24.5 Å². The first-order valence-corrected chi connectivity index (χ1v) is 6.52. The van der Waals surface area contributed by atoms with Gasteiger partial charge < -0.3 is 20.5 Å². The maximum Gasteiger partial charge on any atom is 0.231 e. The summed E-state index contributed by atoms with van der Waals surface area (Å²) >= 11 is 0. The Morgan fingerprint density at radius 1 is 1.28 bits per heavy atom. The lowest BCUT2D eigenvalue weighted by Gasteiger charge is -2.22. The molecule has 1 aromatic carbocycles. The summed E-state index contributed by atoms with van der Waals surface area (Å²) in [5.41, 5.74) is 6.81. The van der Waals surface area contributed by atoms with Crippen molar-refractivity contribution in [3.8, 4) is 11.5 Å². The lowest BCUT2D eigenvalue weighted by Crippen LogP contribution is -2.38. The monoisotopic (exact) mass is 250 g/mol. The topological polar surface area (TPSA) is 56.5 Å². The van der Waals surface area contributed by atoms with Gasteiger partial charge in [0, 0.05) is 19.1 Å². The van der Waals surface area contributed by atoms with Crippen molar-refractivity contribution in [3.63, 3.8) is 0 Å². The van der Waals surface area contributed by atoms with Gasteiger partial charge in [0.15, 0.2) is 11.5 Å². The van der Waals surface area contributed by atoms with Crippen LogP contribution in [-0.2, 0) is 6.42 Å². The van der Waals surface area contributed by atoms with E-state index < -0.39 is 0 Å². The minimum Gasteiger partial charge on any atom is -0.454 e. The molecule has 3 N–H and O–H groups in total. The van der Waals surface area contributed by atoms with Gasteiger partial charge in [-0.2, -0.15) is 0 Å². The van der Waals surface area contributed by atoms with Gasteiger partial charge in [0.2, 0.25) is 6.79 Å². The van der Waals surface area contributed by atoms with E-state index in [2.05, 4.69) is 31.3 Å². The van der Waals surface area contributed by atoms with Crippen LogP contribution in [0.3, 0.4) is 0 Å². The molecule has 1 aromatic rings. The predicted molar refractivity (Wildman–Crippen MR) is 72.0 cm³/mol. The zero-order chi connectivity index (χ0) is 13.0. The number of benzene rings is 1. The normalized spacial score (nSPS) is 15.1. The molecular formula is C14H22N2O2. The Bertz CT molecular complexity index is 393. The van der Waals surface area contributed by atoms with Crippen molar-refractivity contribution >= 4 is 0 Å². The van der Waals surface area contributed by atoms with Crippen molar-refractivity contribution in [1.29, 1.82) is 0 Å². The van der Waals surface area contributed by atoms with Gasteiger partial charge in [0.05, 0.1) is 0 Å². The minimum absolute atomic E-state index is 0.331. The summed E-state index contributed by atoms with van der Waals surface area (Å²) in [6.45, 7) is 6.30. The molecule has 1 atom stereocenters. The Kier molecular flexibility index (Phi) is 4.44. The van der Waals surface area contributed by atoms with Gasteiger partial charge in [-0.05, 0) is 30.0 Å². The highest BCUT2D eigenvalue weighted by atomic mass is 16.7. The van der Waals surface area contributed by atoms with Gasteiger partial charge in [-0.1, -0.05) is 19.9 Å². The van der Waals surface area contributed by atoms with E-state index >= 15 is 0 Å². The second-order valence-corrected chi connectivity index (χ2v) is 4.99. The van der Waals surface area contributed by atoms with Crippen LogP contribution < -0.4 is 20.5 Å². The summed E-state index contributed by atoms with van der Waals surface area (Å²) in [5, 5.41) is 3.49. The highest BCUT2D eigenvalue weighted by molar-refractivity contribution is 5.44. The van der Waals surface area contributed by atoms with Crippen LogP contribution in [0.1, 0.15) is 19.4 Å². The van der Waals surface area contributed by atoms with E-state index in [4.69, 9.17) is 15.2 Å². The number of fused-ring (bicyclic) bond motifs is 1. The Morgan fingerprint density at radius 2 is 2.06 bits per heavy atom. The van der Waals surface area contributed by atoms with E-state index in [1.165, 1.54) is 5.56 Å². The molecule has 0 aromatic heterocycles. The highest BCUT2D eigenvalue weighted by Gasteiger charge is 2.17. The van der Waals surface area contributed by atoms with Crippen LogP contribution in [0.15, 0.2) is 18.2 Å². The van der Waals surface area contributed by atoms with Crippen LogP contribution in [0.25, 0.3) is 0 Å². The van der Waals surface area contributed by atoms with E-state index in [1.807, 2.05) is 6.07 Å². The molecule has 0 fully saturated rings. The molecule has 18 heavy (non-hydrogen) atoms. The van der Waals surface area contributed by atoms with Crippen LogP contribution in [0.2, 0.25) is 0 Å². The first-order chi connectivity index (χ1) is 8.70. The van der Waals surface area contributed by atoms with Crippen molar-refractivity contribution in [2.75, 3.05) is 19.9 Å². The maximum atomic E-state index is 5.55. The van der Waals surface area contributed by atoms with Crippen LogP contribution in [0, 0.1) is 5.92 Å². The van der Waals surface area contributed by atoms with E-state index in [1.54, 1.807) is 0 Å². The first kappa shape index (κ1) is 13.2. The standard InChI is InChI=1S/C14H22N2O2/c1-10(2)12(16-6-5-15)7-11-3-4-13-14(8-11)18-9-17-13/h3-4,8,10,12,16H,5-7,9,15H2,1-2H3. The molecule has 0 saturated carbocycles. The fourth-order valence-corrected chi connectivity index (χ4v) is 2.13. The molecule has 0 spiro atoms. The van der Waals surface area contributed by atoms with Gasteiger partial charge in [0.1, 0.15) is 0 Å². The van der Waals surface area contributed by atoms with Crippen molar-refractivity contribution in [1.82, 2.24) is 5.32 Å². The minimum atomic E-state index is 0.331. The summed E-state index contributed by atoms with van der Waals surface area (Å²) in [6, 6.07) is 6.60. The summed E-state index contributed by atoms with van der Waals surface area (Å²) < 4.78 is 10.7. The summed E-state index contributed by atoms with van der Waals surface area (Å²) in [6.07, 6.45) is 0.980. The number of hydrogen-bond acceptors (Lipinski definition) is 4. The Hall–Kier alpha value is -1.26. The first-order valence-electron chi connectivity index (χ1n) is 6.52. The Balaban J connectivity index is 2.02. The molecule has 0 aliphatic carbocycles. The predicted octanol–water partition coefficient (Wildman–Crippen LogP) is 1.53. The number of ether oxygens (including phenoxy) is 2. The molecular weight excluding hydrogens is 228 g/mol. The molecule has 4 nitrogen and oxygen atoms in total. The van der Waals surface area contributed by atoms with E-state index in [0.29, 0.717) is 25.3 Å². The number of hydrogen-bond donors (Lipinski definition) is 2. The third kappa shape index (κ3) is 3.15. The average Bonchev–Trinajstić information content (AvgIpc) is 2.81. The van der Waals surface area contributed by atoms with Crippen molar-refractivity contribution in [3.05, 3.63) is 23.8 Å². The molecule has 1 aliphatic heterocycles. The second kappa shape index (κ2) is 6.07. The lowest BCUT2D eigenvalue weighted by atomic mass is 9.96. The van der Waals surface area contributed by atoms with Gasteiger partial charge in [-0.25, -0.2) is 0 Å². The maximum absolute atomic E-state index is 5.55. The highest BCUT2D eigenvalue weighted by Crippen LogP contribution is 2.33. The molecule has 1 aliphatic rings. The molecule has 1 heterocycles. The molecule has 0 saturated heterocycles. The summed E-state index contributed by atoms with van der Waals surface area (Å²) in [5.74, 6) is 2.27. The molecule has 4 heteroatoms. The van der Waals surface area contributed by atoms with Crippen molar-refractivity contribution in [2.24, 2.45) is 11.7 Å². The van der Waals surface area contributed by atoms with Gasteiger partial charge in [-0.15, -0.1) is 0 Å². The van der Waals surface area contributed by atoms with Crippen LogP contribution >= 0.6 is 0 Å². The van der Waals surface area contributed by atoms with E-state index in [-0.39, 0.29) is 0 Å². The SMILES string of the molecule is CC(C)C(Cc1ccc2c(c1)OCO2)NCCN. The molecule has 2 rings (SSSR count). The molecule has 1 unspecified atom stereocenters. The molecule has 0 bridgehead atoms. The van der Waals surface area contributed by atoms with Crippen LogP contribution in [0.4, 0.5) is 0 Å². The zero-order valence-corrected chi connectivity index (χ0v) is 11.1. The lowest BCUT2D eigenvalue weighted by molar-refractivity contribution is 0.174. The van der Waals surface area contributed by atoms with Gasteiger partial charge >= 0.3 is 0 Å². The van der Waals surface area contributed by atoms with Gasteiger partial charge in [-0.3, -0.25) is 0 Å². The molecule has 0 amide bonds. The average molecular weight is 250 g/mol. The number of nitrogens with two attached hydrogens (primary N) is 1. The van der Waals surface area contributed by atoms with Crippen LogP contribution in [0.5, 0.6) is 11.5 Å². The van der Waals surface area contributed by atoms with Crippen LogP contribution in [-0.4, -0.2) is 25.9 Å². The van der Waals surface area contributed by atoms with Gasteiger partial charge in [0.25, 0.3) is 0 Å². The largest absolute Gasteiger partial charge is 0.454 e. The molecule has 0 radical (unpaired) electrons. The fraction of sp³-hybridized carbons (Fsp3) is 0.571. The molecule has 100 valence electrons. The number of rotatable bonds is 6. The third-order valence-corrected chi connectivity index (χ3v) is 3.25. The fourth-order valence-electron chi connectivity index (χ4n) is 2.13. The summed E-state index contributed by atoms with van der Waals surface area (Å²) in [7, 11) is 0. The third-order valence-electron chi connectivity index (χ3n) is 3.25. The van der Waals surface area contributed by atoms with Crippen molar-refractivity contribution in [2.45, 2.75) is 26.3 Å². The Morgan fingerprint density at radius 3 is 2.78 bits per heavy atom. The quantitative estimate of drug-likeness (QED) is 0.804. The van der Waals surface area contributed by atoms with E-state index in [9.17, 15) is 0 Å². The Labute approximate surface area is 108 Å².